The summed E-state index contributed by atoms with van der Waals surface area (Å²) >= 11 is 0. The van der Waals surface area contributed by atoms with Crippen LogP contribution in [0.15, 0.2) is 177 Å². The Bertz CT molecular complexity index is 1370. The molecule has 0 aromatic heterocycles. The Kier molecular flexibility index (Phi) is 11.4. The molecule has 196 valence electrons. The van der Waals surface area contributed by atoms with E-state index >= 15 is 0 Å². The maximum Gasteiger partial charge on any atom is 0.0458 e. The predicted octanol–water partition coefficient (Wildman–Crippen LogP) is 10.3. The summed E-state index contributed by atoms with van der Waals surface area (Å²) in [4.78, 5) is 4.47. The van der Waals surface area contributed by atoms with E-state index in [1.165, 1.54) is 5.56 Å². The first-order chi connectivity index (χ1) is 19.1. The Morgan fingerprint density at radius 3 is 1.85 bits per heavy atom. The van der Waals surface area contributed by atoms with E-state index in [-0.39, 0.29) is 0 Å². The van der Waals surface area contributed by atoms with Crippen LogP contribution < -0.4 is 9.80 Å². The number of benzene rings is 3. The number of anilines is 3. The van der Waals surface area contributed by atoms with E-state index in [9.17, 15) is 0 Å². The normalized spacial score (nSPS) is 12.3. The smallest absolute Gasteiger partial charge is 0.0458 e. The molecule has 39 heavy (non-hydrogen) atoms. The van der Waals surface area contributed by atoms with Crippen LogP contribution in [0.25, 0.3) is 11.1 Å². The Morgan fingerprint density at radius 2 is 1.28 bits per heavy atom. The quantitative estimate of drug-likeness (QED) is 0.211. The molecule has 3 aromatic rings. The van der Waals surface area contributed by atoms with Crippen LogP contribution in [-0.2, 0) is 0 Å². The van der Waals surface area contributed by atoms with Crippen LogP contribution >= 0.6 is 0 Å². The molecule has 0 spiro atoms. The van der Waals surface area contributed by atoms with Gasteiger partial charge in [0.05, 0.1) is 0 Å². The van der Waals surface area contributed by atoms with Crippen molar-refractivity contribution in [1.82, 2.24) is 0 Å². The van der Waals surface area contributed by atoms with Crippen molar-refractivity contribution in [2.24, 2.45) is 0 Å². The molecule has 2 nitrogen and oxygen atoms in total. The van der Waals surface area contributed by atoms with E-state index in [1.54, 1.807) is 12.2 Å². The monoisotopic (exact) mass is 510 g/mol. The van der Waals surface area contributed by atoms with Crippen molar-refractivity contribution in [2.75, 3.05) is 16.3 Å². The summed E-state index contributed by atoms with van der Waals surface area (Å²) < 4.78 is 0. The van der Waals surface area contributed by atoms with Crippen molar-refractivity contribution in [3.63, 3.8) is 0 Å². The average Bonchev–Trinajstić information content (AvgIpc) is 2.98. The summed E-state index contributed by atoms with van der Waals surface area (Å²) in [6.45, 7) is 16.4. The maximum absolute atomic E-state index is 4.00. The molecule has 0 amide bonds. The molecule has 0 heterocycles. The van der Waals surface area contributed by atoms with Crippen molar-refractivity contribution in [2.45, 2.75) is 13.8 Å². The number of allylic oxidation sites excluding steroid dienone is 11. The minimum absolute atomic E-state index is 0.705. The van der Waals surface area contributed by atoms with Gasteiger partial charge in [-0.25, -0.2) is 0 Å². The third-order valence-electron chi connectivity index (χ3n) is 6.13. The Morgan fingerprint density at radius 1 is 0.667 bits per heavy atom. The summed E-state index contributed by atoms with van der Waals surface area (Å²) in [5, 5.41) is 0. The molecular weight excluding hydrogens is 472 g/mol. The second kappa shape index (κ2) is 15.4. The van der Waals surface area contributed by atoms with Gasteiger partial charge in [0.15, 0.2) is 0 Å². The van der Waals surface area contributed by atoms with E-state index in [0.717, 1.165) is 34.0 Å². The van der Waals surface area contributed by atoms with Gasteiger partial charge < -0.3 is 9.80 Å². The lowest BCUT2D eigenvalue weighted by atomic mass is 10.0. The van der Waals surface area contributed by atoms with Gasteiger partial charge in [0.25, 0.3) is 0 Å². The highest BCUT2D eigenvalue weighted by Crippen LogP contribution is 2.32. The van der Waals surface area contributed by atoms with Gasteiger partial charge in [0, 0.05) is 35.0 Å². The van der Waals surface area contributed by atoms with Crippen molar-refractivity contribution < 1.29 is 0 Å². The van der Waals surface area contributed by atoms with Gasteiger partial charge in [0.2, 0.25) is 0 Å². The lowest BCUT2D eigenvalue weighted by Crippen LogP contribution is -2.21. The van der Waals surface area contributed by atoms with Gasteiger partial charge >= 0.3 is 0 Å². The summed E-state index contributed by atoms with van der Waals surface area (Å²) in [7, 11) is 0. The molecule has 0 aliphatic carbocycles. The zero-order valence-electron chi connectivity index (χ0n) is 23.1. The van der Waals surface area contributed by atoms with E-state index in [1.807, 2.05) is 49.4 Å². The Labute approximate surface area is 234 Å². The number of rotatable bonds is 13. The van der Waals surface area contributed by atoms with Gasteiger partial charge in [-0.15, -0.1) is 0 Å². The first-order valence-corrected chi connectivity index (χ1v) is 13.1. The molecule has 0 saturated heterocycles. The topological polar surface area (TPSA) is 6.48 Å². The molecule has 0 unspecified atom stereocenters. The van der Waals surface area contributed by atoms with Crippen LogP contribution in [0.5, 0.6) is 0 Å². The first-order valence-electron chi connectivity index (χ1n) is 13.1. The fourth-order valence-electron chi connectivity index (χ4n) is 4.22. The van der Waals surface area contributed by atoms with Gasteiger partial charge in [0.1, 0.15) is 0 Å². The molecule has 0 aliphatic rings. The molecule has 0 atom stereocenters. The van der Waals surface area contributed by atoms with Crippen molar-refractivity contribution >= 4 is 17.1 Å². The van der Waals surface area contributed by atoms with Gasteiger partial charge in [-0.1, -0.05) is 111 Å². The molecule has 0 radical (unpaired) electrons. The van der Waals surface area contributed by atoms with Crippen LogP contribution in [0, 0.1) is 0 Å². The standard InChI is InChI=1S/C37H38N2/c1-6-10-12-13-17-30-38(34(9-4)18-8-3)35-26-22-32(23-27-35)33-24-28-37(29-25-33)39(31(5)19-11-7-2)36-20-15-14-16-21-36/h6-29H,1,3-4,30H2,2,5H3/b11-7-,12-10-,17-13-,31-19+,34-18+. The van der Waals surface area contributed by atoms with Gasteiger partial charge in [-0.3, -0.25) is 0 Å². The molecule has 2 heteroatoms. The van der Waals surface area contributed by atoms with E-state index in [4.69, 9.17) is 0 Å². The van der Waals surface area contributed by atoms with Crippen molar-refractivity contribution in [3.05, 3.63) is 177 Å². The zero-order valence-corrected chi connectivity index (χ0v) is 23.1. The third-order valence-corrected chi connectivity index (χ3v) is 6.13. The van der Waals surface area contributed by atoms with Gasteiger partial charge in [-0.2, -0.15) is 0 Å². The van der Waals surface area contributed by atoms with E-state index in [2.05, 4.69) is 127 Å². The summed E-state index contributed by atoms with van der Waals surface area (Å²) in [5.74, 6) is 0. The van der Waals surface area contributed by atoms with Crippen LogP contribution in [0.1, 0.15) is 13.8 Å². The number of para-hydroxylation sites is 1. The fraction of sp³-hybridized carbons (Fsp3) is 0.0811. The minimum atomic E-state index is 0.705. The fourth-order valence-corrected chi connectivity index (χ4v) is 4.22. The van der Waals surface area contributed by atoms with Crippen molar-refractivity contribution in [3.8, 4) is 11.1 Å². The second-order valence-electron chi connectivity index (χ2n) is 8.79. The van der Waals surface area contributed by atoms with Gasteiger partial charge in [-0.05, 0) is 79.6 Å². The molecule has 3 aromatic carbocycles. The van der Waals surface area contributed by atoms with Crippen LogP contribution in [0.3, 0.4) is 0 Å². The number of nitrogens with zero attached hydrogens (tertiary/aromatic N) is 2. The summed E-state index contributed by atoms with van der Waals surface area (Å²) in [6, 6.07) is 27.8. The lowest BCUT2D eigenvalue weighted by molar-refractivity contribution is 1.04. The van der Waals surface area contributed by atoms with E-state index in [0.29, 0.717) is 6.54 Å². The molecule has 0 saturated carbocycles. The van der Waals surface area contributed by atoms with Crippen LogP contribution in [0.2, 0.25) is 0 Å². The molecule has 3 rings (SSSR count). The molecule has 0 N–H and O–H groups in total. The lowest BCUT2D eigenvalue weighted by Gasteiger charge is -2.26. The molecule has 0 aliphatic heterocycles. The zero-order chi connectivity index (χ0) is 27.9. The Balaban J connectivity index is 1.89. The SMILES string of the molecule is C=C/C=C\C=C/CN(/C(C=C)=C/C=C)c1ccc(-c2ccc(N(/C(C)=C/C=C\C)c3ccccc3)cc2)cc1. The van der Waals surface area contributed by atoms with Crippen molar-refractivity contribution in [1.29, 1.82) is 0 Å². The highest BCUT2D eigenvalue weighted by Gasteiger charge is 2.12. The molecule has 0 fully saturated rings. The largest absolute Gasteiger partial charge is 0.338 e. The first kappa shape index (κ1) is 28.7. The number of hydrogen-bond acceptors (Lipinski definition) is 2. The Hall–Kier alpha value is -4.82. The molecule has 0 bridgehead atoms. The second-order valence-corrected chi connectivity index (χ2v) is 8.79. The minimum Gasteiger partial charge on any atom is -0.338 e. The molecular formula is C37H38N2. The highest BCUT2D eigenvalue weighted by molar-refractivity contribution is 5.73. The number of hydrogen-bond donors (Lipinski definition) is 0. The summed E-state index contributed by atoms with van der Waals surface area (Å²) in [6.07, 6.45) is 21.6. The summed E-state index contributed by atoms with van der Waals surface area (Å²) in [5.41, 5.74) is 7.80. The van der Waals surface area contributed by atoms with Crippen LogP contribution in [0.4, 0.5) is 17.1 Å². The maximum atomic E-state index is 4.00. The van der Waals surface area contributed by atoms with E-state index < -0.39 is 0 Å². The average molecular weight is 511 g/mol. The van der Waals surface area contributed by atoms with Crippen LogP contribution in [-0.4, -0.2) is 6.54 Å². The third kappa shape index (κ3) is 8.08. The highest BCUT2D eigenvalue weighted by atomic mass is 15.1. The predicted molar refractivity (Wildman–Crippen MR) is 173 cm³/mol.